The Kier molecular flexibility index (Phi) is 7.68. The summed E-state index contributed by atoms with van der Waals surface area (Å²) in [5, 5.41) is 14.3. The van der Waals surface area contributed by atoms with E-state index in [4.69, 9.17) is 4.74 Å². The van der Waals surface area contributed by atoms with Gasteiger partial charge in [0.1, 0.15) is 11.6 Å². The highest BCUT2D eigenvalue weighted by molar-refractivity contribution is 5.68. The van der Waals surface area contributed by atoms with Crippen LogP contribution in [0.25, 0.3) is 0 Å². The number of benzene rings is 1. The average molecular weight is 336 g/mol. The van der Waals surface area contributed by atoms with Crippen LogP contribution in [0, 0.1) is 10.1 Å². The maximum atomic E-state index is 12.1. The molecular weight excluding hydrogens is 308 g/mol. The number of ether oxygens (including phenoxy) is 1. The fourth-order valence-corrected chi connectivity index (χ4v) is 2.49. The first-order valence-corrected chi connectivity index (χ1v) is 8.42. The predicted molar refractivity (Wildman–Crippen MR) is 93.5 cm³/mol. The monoisotopic (exact) mass is 336 g/mol. The molecule has 0 saturated heterocycles. The van der Waals surface area contributed by atoms with Crippen LogP contribution in [0.3, 0.4) is 0 Å². The first-order valence-electron chi connectivity index (χ1n) is 8.42. The second kappa shape index (κ2) is 9.25. The van der Waals surface area contributed by atoms with E-state index in [9.17, 15) is 14.9 Å². The smallest absolute Gasteiger partial charge is 0.408 e. The molecule has 134 valence electrons. The Morgan fingerprint density at radius 2 is 1.88 bits per heavy atom. The van der Waals surface area contributed by atoms with Gasteiger partial charge in [0.2, 0.25) is 6.04 Å². The lowest BCUT2D eigenvalue weighted by atomic mass is 9.95. The summed E-state index contributed by atoms with van der Waals surface area (Å²) in [7, 11) is 0. The van der Waals surface area contributed by atoms with Crippen LogP contribution in [-0.4, -0.2) is 22.7 Å². The number of amides is 1. The van der Waals surface area contributed by atoms with Crippen molar-refractivity contribution in [2.24, 2.45) is 0 Å². The average Bonchev–Trinajstić information content (AvgIpc) is 2.48. The van der Waals surface area contributed by atoms with E-state index in [1.54, 1.807) is 32.9 Å². The molecule has 0 unspecified atom stereocenters. The van der Waals surface area contributed by atoms with Crippen molar-refractivity contribution in [2.75, 3.05) is 0 Å². The Labute approximate surface area is 143 Å². The lowest BCUT2D eigenvalue weighted by Crippen LogP contribution is -2.42. The van der Waals surface area contributed by atoms with Gasteiger partial charge in [-0.05, 0) is 32.8 Å². The third-order valence-electron chi connectivity index (χ3n) is 3.59. The minimum absolute atomic E-state index is 0.301. The quantitative estimate of drug-likeness (QED) is 0.431. The fraction of sp³-hybridized carbons (Fsp3) is 0.611. The van der Waals surface area contributed by atoms with Crippen LogP contribution in [0.15, 0.2) is 30.3 Å². The Hall–Kier alpha value is -2.11. The Bertz CT molecular complexity index is 526. The van der Waals surface area contributed by atoms with E-state index in [2.05, 4.69) is 12.2 Å². The maximum Gasteiger partial charge on any atom is 0.408 e. The van der Waals surface area contributed by atoms with Gasteiger partial charge in [-0.3, -0.25) is 10.1 Å². The van der Waals surface area contributed by atoms with E-state index < -0.39 is 23.8 Å². The van der Waals surface area contributed by atoms with Crippen LogP contribution in [0.2, 0.25) is 0 Å². The zero-order valence-corrected chi connectivity index (χ0v) is 15.0. The molecule has 6 nitrogen and oxygen atoms in total. The second-order valence-electron chi connectivity index (χ2n) is 6.88. The zero-order chi connectivity index (χ0) is 18.2. The van der Waals surface area contributed by atoms with Crippen LogP contribution < -0.4 is 5.32 Å². The largest absolute Gasteiger partial charge is 0.444 e. The van der Waals surface area contributed by atoms with E-state index in [0.717, 1.165) is 19.3 Å². The molecule has 1 rings (SSSR count). The number of unbranched alkanes of at least 4 members (excludes halogenated alkanes) is 2. The summed E-state index contributed by atoms with van der Waals surface area (Å²) in [6.07, 6.45) is 2.44. The molecule has 0 aliphatic rings. The number of rotatable bonds is 8. The van der Waals surface area contributed by atoms with Gasteiger partial charge >= 0.3 is 6.09 Å². The number of nitrogens with one attached hydrogen (secondary N) is 1. The molecule has 0 aliphatic carbocycles. The normalized spacial score (nSPS) is 13.8. The van der Waals surface area contributed by atoms with E-state index >= 15 is 0 Å². The van der Waals surface area contributed by atoms with Crippen molar-refractivity contribution >= 4 is 6.09 Å². The van der Waals surface area contributed by atoms with Crippen molar-refractivity contribution < 1.29 is 14.5 Å². The molecule has 1 aromatic carbocycles. The van der Waals surface area contributed by atoms with E-state index in [0.29, 0.717) is 12.0 Å². The summed E-state index contributed by atoms with van der Waals surface area (Å²) >= 11 is 0. The maximum absolute atomic E-state index is 12.1. The van der Waals surface area contributed by atoms with E-state index in [1.807, 2.05) is 18.2 Å². The molecule has 0 bridgehead atoms. The summed E-state index contributed by atoms with van der Waals surface area (Å²) in [6.45, 7) is 7.33. The van der Waals surface area contributed by atoms with Crippen molar-refractivity contribution in [3.8, 4) is 0 Å². The lowest BCUT2D eigenvalue weighted by Gasteiger charge is -2.25. The Balaban J connectivity index is 2.98. The highest BCUT2D eigenvalue weighted by Gasteiger charge is 2.34. The van der Waals surface area contributed by atoms with Crippen molar-refractivity contribution in [2.45, 2.75) is 71.1 Å². The highest BCUT2D eigenvalue weighted by atomic mass is 16.6. The van der Waals surface area contributed by atoms with E-state index in [1.165, 1.54) is 0 Å². The molecule has 0 saturated carbocycles. The minimum atomic E-state index is -0.883. The number of carbonyl (C=O) groups excluding carboxylic acids is 1. The molecular formula is C18H28N2O4. The van der Waals surface area contributed by atoms with Crippen molar-refractivity contribution in [3.63, 3.8) is 0 Å². The Morgan fingerprint density at radius 1 is 1.25 bits per heavy atom. The molecule has 0 spiro atoms. The SMILES string of the molecule is CCCCC[C@H]([C@@H](NC(=O)OC(C)(C)C)c1ccccc1)[N+](=O)[O-]. The lowest BCUT2D eigenvalue weighted by molar-refractivity contribution is -0.528. The first kappa shape index (κ1) is 19.9. The van der Waals surface area contributed by atoms with Gasteiger partial charge in [0.25, 0.3) is 0 Å². The third kappa shape index (κ3) is 6.98. The first-order chi connectivity index (χ1) is 11.2. The summed E-state index contributed by atoms with van der Waals surface area (Å²) in [5.74, 6) is 0. The summed E-state index contributed by atoms with van der Waals surface area (Å²) in [4.78, 5) is 23.4. The number of hydrogen-bond acceptors (Lipinski definition) is 4. The third-order valence-corrected chi connectivity index (χ3v) is 3.59. The highest BCUT2D eigenvalue weighted by Crippen LogP contribution is 2.24. The molecule has 1 aromatic rings. The van der Waals surface area contributed by atoms with Gasteiger partial charge in [0.15, 0.2) is 0 Å². The van der Waals surface area contributed by atoms with Gasteiger partial charge in [0, 0.05) is 11.3 Å². The van der Waals surface area contributed by atoms with Gasteiger partial charge in [-0.2, -0.15) is 0 Å². The van der Waals surface area contributed by atoms with Crippen molar-refractivity contribution in [3.05, 3.63) is 46.0 Å². The number of hydrogen-bond donors (Lipinski definition) is 1. The van der Waals surface area contributed by atoms with Crippen LogP contribution in [0.4, 0.5) is 4.79 Å². The van der Waals surface area contributed by atoms with Crippen LogP contribution in [0.1, 0.15) is 65.0 Å². The number of nitrogens with zero attached hydrogens (tertiary/aromatic N) is 1. The molecule has 0 aliphatic heterocycles. The number of carbonyl (C=O) groups is 1. The van der Waals surface area contributed by atoms with Gasteiger partial charge in [-0.15, -0.1) is 0 Å². The van der Waals surface area contributed by atoms with Crippen LogP contribution in [-0.2, 0) is 4.74 Å². The molecule has 24 heavy (non-hydrogen) atoms. The molecule has 6 heteroatoms. The van der Waals surface area contributed by atoms with Gasteiger partial charge in [-0.25, -0.2) is 4.79 Å². The molecule has 0 fully saturated rings. The molecule has 1 amide bonds. The topological polar surface area (TPSA) is 81.5 Å². The number of alkyl carbamates (subject to hydrolysis) is 1. The zero-order valence-electron chi connectivity index (χ0n) is 15.0. The molecule has 1 N–H and O–H groups in total. The minimum Gasteiger partial charge on any atom is -0.444 e. The van der Waals surface area contributed by atoms with Crippen LogP contribution >= 0.6 is 0 Å². The summed E-state index contributed by atoms with van der Waals surface area (Å²) in [5.41, 5.74) is 0.0547. The fourth-order valence-electron chi connectivity index (χ4n) is 2.49. The second-order valence-corrected chi connectivity index (χ2v) is 6.88. The van der Waals surface area contributed by atoms with Gasteiger partial charge in [-0.1, -0.05) is 50.1 Å². The van der Waals surface area contributed by atoms with Gasteiger partial charge in [0.05, 0.1) is 0 Å². The summed E-state index contributed by atoms with van der Waals surface area (Å²) < 4.78 is 5.27. The molecule has 0 radical (unpaired) electrons. The van der Waals surface area contributed by atoms with Crippen LogP contribution in [0.5, 0.6) is 0 Å². The van der Waals surface area contributed by atoms with Crippen molar-refractivity contribution in [1.82, 2.24) is 5.32 Å². The molecule has 0 heterocycles. The standard InChI is InChI=1S/C18H28N2O4/c1-5-6-8-13-15(20(22)23)16(14-11-9-7-10-12-14)19-17(21)24-18(2,3)4/h7,9-12,15-16H,5-6,8,13H2,1-4H3,(H,19,21)/t15-,16+/m1/s1. The van der Waals surface area contributed by atoms with Gasteiger partial charge < -0.3 is 10.1 Å². The van der Waals surface area contributed by atoms with E-state index in [-0.39, 0.29) is 4.92 Å². The Morgan fingerprint density at radius 3 is 2.38 bits per heavy atom. The molecule has 0 aromatic heterocycles. The molecule has 2 atom stereocenters. The summed E-state index contributed by atoms with van der Waals surface area (Å²) in [6, 6.07) is 7.44. The van der Waals surface area contributed by atoms with Crippen molar-refractivity contribution in [1.29, 1.82) is 0 Å². The predicted octanol–water partition coefficient (Wildman–Crippen LogP) is 4.48. The number of nitro groups is 1.